The molecule has 27 heavy (non-hydrogen) atoms. The summed E-state index contributed by atoms with van der Waals surface area (Å²) in [6, 6.07) is 16.4. The van der Waals surface area contributed by atoms with Crippen molar-refractivity contribution in [1.29, 1.82) is 0 Å². The van der Waals surface area contributed by atoms with E-state index in [1.807, 2.05) is 47.4 Å². The highest BCUT2D eigenvalue weighted by atomic mass is 16.5. The molecule has 4 rings (SSSR count). The Morgan fingerprint density at radius 2 is 1.89 bits per heavy atom. The summed E-state index contributed by atoms with van der Waals surface area (Å²) in [7, 11) is 0. The number of para-hydroxylation sites is 2. The van der Waals surface area contributed by atoms with Crippen molar-refractivity contribution in [1.82, 2.24) is 10.2 Å². The minimum absolute atomic E-state index is 0.0774. The minimum Gasteiger partial charge on any atom is -0.493 e. The van der Waals surface area contributed by atoms with Crippen molar-refractivity contribution in [2.45, 2.75) is 31.8 Å². The number of carbonyl (C=O) groups excluding carboxylic acids is 1. The normalized spacial score (nSPS) is 18.7. The molecule has 1 fully saturated rings. The topological polar surface area (TPSA) is 50.8 Å². The number of nitrogens with one attached hydrogen (secondary N) is 1. The maximum absolute atomic E-state index is 12.2. The first-order chi connectivity index (χ1) is 13.3. The van der Waals surface area contributed by atoms with Crippen LogP contribution in [0.2, 0.25) is 0 Å². The Kier molecular flexibility index (Phi) is 5.58. The first-order valence-electron chi connectivity index (χ1n) is 9.75. The highest BCUT2D eigenvalue weighted by Gasteiger charge is 2.21. The predicted octanol–water partition coefficient (Wildman–Crippen LogP) is 3.30. The third-order valence-electron chi connectivity index (χ3n) is 5.28. The number of likely N-dealkylation sites (tertiary alicyclic amines) is 1. The zero-order valence-corrected chi connectivity index (χ0v) is 15.5. The number of benzene rings is 2. The lowest BCUT2D eigenvalue weighted by molar-refractivity contribution is -0.132. The monoisotopic (exact) mass is 366 g/mol. The Morgan fingerprint density at radius 3 is 2.78 bits per heavy atom. The molecule has 142 valence electrons. The van der Waals surface area contributed by atoms with Crippen LogP contribution in [0.15, 0.2) is 48.5 Å². The summed E-state index contributed by atoms with van der Waals surface area (Å²) in [6.07, 6.45) is 3.13. The molecule has 1 amide bonds. The van der Waals surface area contributed by atoms with Crippen molar-refractivity contribution < 1.29 is 14.3 Å². The highest BCUT2D eigenvalue weighted by molar-refractivity contribution is 5.78. The van der Waals surface area contributed by atoms with Crippen LogP contribution in [0.3, 0.4) is 0 Å². The van der Waals surface area contributed by atoms with Gasteiger partial charge >= 0.3 is 0 Å². The molecule has 1 atom stereocenters. The number of carbonyl (C=O) groups is 1. The molecule has 2 aliphatic rings. The summed E-state index contributed by atoms with van der Waals surface area (Å²) in [5, 5.41) is 3.62. The van der Waals surface area contributed by atoms with E-state index in [2.05, 4.69) is 11.4 Å². The van der Waals surface area contributed by atoms with E-state index in [9.17, 15) is 4.79 Å². The lowest BCUT2D eigenvalue weighted by atomic mass is 10.0. The molecule has 1 saturated heterocycles. The summed E-state index contributed by atoms with van der Waals surface area (Å²) in [6.45, 7) is 3.23. The average molecular weight is 366 g/mol. The first-order valence-corrected chi connectivity index (χ1v) is 9.75. The molecule has 0 spiro atoms. The number of ether oxygens (including phenoxy) is 2. The van der Waals surface area contributed by atoms with Crippen LogP contribution in [0, 0.1) is 0 Å². The van der Waals surface area contributed by atoms with Crippen LogP contribution in [-0.4, -0.2) is 37.1 Å². The van der Waals surface area contributed by atoms with Gasteiger partial charge in [-0.2, -0.15) is 0 Å². The fraction of sp³-hybridized carbons (Fsp3) is 0.409. The lowest BCUT2D eigenvalue weighted by Gasteiger charge is -2.27. The van der Waals surface area contributed by atoms with Gasteiger partial charge in [-0.15, -0.1) is 0 Å². The van der Waals surface area contributed by atoms with Crippen molar-refractivity contribution in [3.8, 4) is 11.5 Å². The molecule has 5 heteroatoms. The molecule has 0 aromatic heterocycles. The number of rotatable bonds is 6. The second-order valence-corrected chi connectivity index (χ2v) is 7.09. The van der Waals surface area contributed by atoms with Gasteiger partial charge < -0.3 is 19.7 Å². The Bertz CT molecular complexity index is 787. The zero-order valence-electron chi connectivity index (χ0n) is 15.5. The molecule has 1 N–H and O–H groups in total. The summed E-state index contributed by atoms with van der Waals surface area (Å²) >= 11 is 0. The Labute approximate surface area is 160 Å². The number of fused-ring (bicyclic) bond motifs is 1. The van der Waals surface area contributed by atoms with Gasteiger partial charge in [0, 0.05) is 43.2 Å². The van der Waals surface area contributed by atoms with Gasteiger partial charge in [-0.3, -0.25) is 4.79 Å². The Balaban J connectivity index is 1.38. The highest BCUT2D eigenvalue weighted by Crippen LogP contribution is 2.32. The van der Waals surface area contributed by atoms with E-state index >= 15 is 0 Å². The summed E-state index contributed by atoms with van der Waals surface area (Å²) in [5.74, 6) is 1.81. The fourth-order valence-corrected chi connectivity index (χ4v) is 3.78. The predicted molar refractivity (Wildman–Crippen MR) is 104 cm³/mol. The standard InChI is InChI=1S/C22H26N2O3/c25-22(24-12-5-6-13-24)16-27-20-9-3-1-7-17(20)15-23-19-11-14-26-21-10-4-2-8-18(19)21/h1-4,7-10,19,23H,5-6,11-16H2. The Morgan fingerprint density at radius 1 is 1.11 bits per heavy atom. The van der Waals surface area contributed by atoms with Gasteiger partial charge in [-0.1, -0.05) is 36.4 Å². The maximum Gasteiger partial charge on any atom is 0.260 e. The van der Waals surface area contributed by atoms with Crippen molar-refractivity contribution in [3.05, 3.63) is 59.7 Å². The van der Waals surface area contributed by atoms with Crippen molar-refractivity contribution in [2.75, 3.05) is 26.3 Å². The van der Waals surface area contributed by atoms with E-state index in [1.54, 1.807) is 0 Å². The van der Waals surface area contributed by atoms with Crippen LogP contribution in [0.4, 0.5) is 0 Å². The summed E-state index contributed by atoms with van der Waals surface area (Å²) in [4.78, 5) is 14.1. The van der Waals surface area contributed by atoms with Crippen LogP contribution < -0.4 is 14.8 Å². The molecular weight excluding hydrogens is 340 g/mol. The Hall–Kier alpha value is -2.53. The van der Waals surface area contributed by atoms with E-state index in [4.69, 9.17) is 9.47 Å². The zero-order chi connectivity index (χ0) is 18.5. The molecule has 1 unspecified atom stereocenters. The third kappa shape index (κ3) is 4.25. The number of amides is 1. The van der Waals surface area contributed by atoms with Gasteiger partial charge in [-0.25, -0.2) is 0 Å². The molecule has 2 aliphatic heterocycles. The quantitative estimate of drug-likeness (QED) is 0.852. The molecule has 0 saturated carbocycles. The van der Waals surface area contributed by atoms with Crippen LogP contribution in [0.1, 0.15) is 36.4 Å². The maximum atomic E-state index is 12.2. The molecule has 0 radical (unpaired) electrons. The molecular formula is C22H26N2O3. The average Bonchev–Trinajstić information content (AvgIpc) is 3.26. The van der Waals surface area contributed by atoms with Crippen LogP contribution in [-0.2, 0) is 11.3 Å². The van der Waals surface area contributed by atoms with E-state index in [1.165, 1.54) is 5.56 Å². The smallest absolute Gasteiger partial charge is 0.260 e. The van der Waals surface area contributed by atoms with E-state index < -0.39 is 0 Å². The van der Waals surface area contributed by atoms with Gasteiger partial charge in [-0.05, 0) is 25.0 Å². The van der Waals surface area contributed by atoms with Crippen molar-refractivity contribution in [3.63, 3.8) is 0 Å². The fourth-order valence-electron chi connectivity index (χ4n) is 3.78. The molecule has 2 heterocycles. The van der Waals surface area contributed by atoms with Gasteiger partial charge in [0.05, 0.1) is 6.61 Å². The van der Waals surface area contributed by atoms with E-state index in [0.29, 0.717) is 6.54 Å². The van der Waals surface area contributed by atoms with Gasteiger partial charge in [0.2, 0.25) is 0 Å². The molecule has 0 aliphatic carbocycles. The largest absolute Gasteiger partial charge is 0.493 e. The van der Waals surface area contributed by atoms with Crippen LogP contribution in [0.25, 0.3) is 0 Å². The van der Waals surface area contributed by atoms with Crippen molar-refractivity contribution >= 4 is 5.91 Å². The van der Waals surface area contributed by atoms with Crippen LogP contribution in [0.5, 0.6) is 11.5 Å². The molecule has 5 nitrogen and oxygen atoms in total. The summed E-state index contributed by atoms with van der Waals surface area (Å²) < 4.78 is 11.6. The van der Waals surface area contributed by atoms with Crippen molar-refractivity contribution in [2.24, 2.45) is 0 Å². The second kappa shape index (κ2) is 8.44. The minimum atomic E-state index is 0.0774. The number of nitrogens with zero attached hydrogens (tertiary/aromatic N) is 1. The number of hydrogen-bond acceptors (Lipinski definition) is 4. The van der Waals surface area contributed by atoms with E-state index in [-0.39, 0.29) is 18.6 Å². The van der Waals surface area contributed by atoms with Gasteiger partial charge in [0.25, 0.3) is 5.91 Å². The van der Waals surface area contributed by atoms with Gasteiger partial charge in [0.15, 0.2) is 6.61 Å². The SMILES string of the molecule is O=C(COc1ccccc1CNC1CCOc2ccccc21)N1CCCC1. The van der Waals surface area contributed by atoms with Gasteiger partial charge in [0.1, 0.15) is 11.5 Å². The molecule has 2 aromatic rings. The second-order valence-electron chi connectivity index (χ2n) is 7.09. The van der Waals surface area contributed by atoms with E-state index in [0.717, 1.165) is 56.0 Å². The molecule has 0 bridgehead atoms. The number of hydrogen-bond donors (Lipinski definition) is 1. The molecule has 2 aromatic carbocycles. The summed E-state index contributed by atoms with van der Waals surface area (Å²) in [5.41, 5.74) is 2.27. The van der Waals surface area contributed by atoms with Crippen LogP contribution >= 0.6 is 0 Å². The lowest BCUT2D eigenvalue weighted by Crippen LogP contribution is -2.32. The first kappa shape index (κ1) is 17.9. The third-order valence-corrected chi connectivity index (χ3v) is 5.28.